The highest BCUT2D eigenvalue weighted by molar-refractivity contribution is 7.92. The van der Waals surface area contributed by atoms with Crippen LogP contribution in [0.4, 0.5) is 5.69 Å². The molecule has 0 unspecified atom stereocenters. The average Bonchev–Trinajstić information content (AvgIpc) is 3.31. The first kappa shape index (κ1) is 17.4. The van der Waals surface area contributed by atoms with E-state index in [2.05, 4.69) is 0 Å². The number of carbonyl (C=O) groups is 1. The molecule has 1 fully saturated rings. The largest absolute Gasteiger partial charge is 0.339 e. The van der Waals surface area contributed by atoms with Crippen molar-refractivity contribution in [3.63, 3.8) is 0 Å². The van der Waals surface area contributed by atoms with Crippen molar-refractivity contribution < 1.29 is 13.2 Å². The van der Waals surface area contributed by atoms with Gasteiger partial charge >= 0.3 is 0 Å². The van der Waals surface area contributed by atoms with Crippen molar-refractivity contribution >= 4 is 33.2 Å². The van der Waals surface area contributed by atoms with Crippen LogP contribution in [0.1, 0.15) is 28.8 Å². The summed E-state index contributed by atoms with van der Waals surface area (Å²) in [6.45, 7) is 1.97. The third kappa shape index (κ3) is 2.97. The van der Waals surface area contributed by atoms with Gasteiger partial charge in [-0.2, -0.15) is 0 Å². The highest BCUT2D eigenvalue weighted by atomic mass is 35.5. The highest BCUT2D eigenvalue weighted by Gasteiger charge is 2.31. The second kappa shape index (κ2) is 6.59. The molecule has 2 aliphatic heterocycles. The summed E-state index contributed by atoms with van der Waals surface area (Å²) < 4.78 is 27.3. The molecule has 4 rings (SSSR count). The number of nitrogens with zero attached hydrogens (tertiary/aromatic N) is 2. The number of anilines is 1. The predicted molar refractivity (Wildman–Crippen MR) is 101 cm³/mol. The maximum atomic E-state index is 12.9. The van der Waals surface area contributed by atoms with E-state index in [0.717, 1.165) is 31.5 Å². The highest BCUT2D eigenvalue weighted by Crippen LogP contribution is 2.34. The molecule has 1 amide bonds. The second-order valence-corrected chi connectivity index (χ2v) is 8.92. The Morgan fingerprint density at radius 3 is 2.35 bits per heavy atom. The van der Waals surface area contributed by atoms with E-state index < -0.39 is 10.0 Å². The van der Waals surface area contributed by atoms with Crippen molar-refractivity contribution in [2.45, 2.75) is 24.2 Å². The van der Waals surface area contributed by atoms with Gasteiger partial charge in [0.15, 0.2) is 0 Å². The van der Waals surface area contributed by atoms with Crippen molar-refractivity contribution in [2.24, 2.45) is 0 Å². The molecule has 26 heavy (non-hydrogen) atoms. The van der Waals surface area contributed by atoms with Crippen LogP contribution in [0.25, 0.3) is 0 Å². The van der Waals surface area contributed by atoms with E-state index in [4.69, 9.17) is 11.6 Å². The first-order valence-electron chi connectivity index (χ1n) is 8.67. The van der Waals surface area contributed by atoms with Gasteiger partial charge in [0.1, 0.15) is 0 Å². The predicted octanol–water partition coefficient (Wildman–Crippen LogP) is 3.33. The normalized spacial score (nSPS) is 16.8. The smallest absolute Gasteiger partial charge is 0.264 e. The van der Waals surface area contributed by atoms with Crippen molar-refractivity contribution in [1.29, 1.82) is 0 Å². The zero-order valence-electron chi connectivity index (χ0n) is 14.2. The molecule has 0 aliphatic carbocycles. The van der Waals surface area contributed by atoms with Crippen molar-refractivity contribution in [2.75, 3.05) is 23.9 Å². The third-order valence-electron chi connectivity index (χ3n) is 4.97. The molecule has 0 bridgehead atoms. The molecular weight excluding hydrogens is 372 g/mol. The number of halogens is 1. The number of benzene rings is 2. The number of hydrogen-bond donors (Lipinski definition) is 0. The maximum Gasteiger partial charge on any atom is 0.264 e. The van der Waals surface area contributed by atoms with Gasteiger partial charge in [0.05, 0.1) is 10.6 Å². The van der Waals surface area contributed by atoms with E-state index in [1.807, 2.05) is 11.0 Å². The van der Waals surface area contributed by atoms with Crippen molar-refractivity contribution in [3.8, 4) is 0 Å². The number of sulfonamides is 1. The van der Waals surface area contributed by atoms with Crippen LogP contribution < -0.4 is 4.31 Å². The molecule has 0 aromatic heterocycles. The van der Waals surface area contributed by atoms with Crippen LogP contribution in [0, 0.1) is 0 Å². The molecule has 0 spiro atoms. The summed E-state index contributed by atoms with van der Waals surface area (Å²) in [6.07, 6.45) is 2.69. The minimum absolute atomic E-state index is 0.0318. The van der Waals surface area contributed by atoms with E-state index in [9.17, 15) is 13.2 Å². The van der Waals surface area contributed by atoms with E-state index in [-0.39, 0.29) is 10.8 Å². The summed E-state index contributed by atoms with van der Waals surface area (Å²) in [5.74, 6) is 0.0318. The van der Waals surface area contributed by atoms with Gasteiger partial charge in [0.25, 0.3) is 15.9 Å². The molecule has 0 radical (unpaired) electrons. The Balaban J connectivity index is 1.64. The molecule has 2 heterocycles. The average molecular weight is 391 g/mol. The lowest BCUT2D eigenvalue weighted by Gasteiger charge is -2.20. The van der Waals surface area contributed by atoms with Crippen LogP contribution in [-0.2, 0) is 16.4 Å². The molecule has 1 saturated heterocycles. The van der Waals surface area contributed by atoms with Crippen LogP contribution in [0.3, 0.4) is 0 Å². The van der Waals surface area contributed by atoms with Crippen LogP contribution in [0.5, 0.6) is 0 Å². The van der Waals surface area contributed by atoms with Crippen LogP contribution in [0.15, 0.2) is 47.4 Å². The number of fused-ring (bicyclic) bond motifs is 1. The fraction of sp³-hybridized carbons (Fsp3) is 0.316. The SMILES string of the molecule is O=C(c1ccc2c(c1)CCN2S(=O)(=O)c1ccc(Cl)cc1)N1CCCC1. The molecule has 0 atom stereocenters. The molecule has 2 aromatic rings. The first-order valence-corrected chi connectivity index (χ1v) is 10.5. The summed E-state index contributed by atoms with van der Waals surface area (Å²) >= 11 is 5.86. The monoisotopic (exact) mass is 390 g/mol. The Bertz CT molecular complexity index is 951. The zero-order chi connectivity index (χ0) is 18.3. The van der Waals surface area contributed by atoms with Gasteiger partial charge in [-0.25, -0.2) is 8.42 Å². The summed E-state index contributed by atoms with van der Waals surface area (Å²) in [5, 5.41) is 0.496. The van der Waals surface area contributed by atoms with Gasteiger partial charge in [-0.1, -0.05) is 11.6 Å². The van der Waals surface area contributed by atoms with Gasteiger partial charge in [-0.3, -0.25) is 9.10 Å². The van der Waals surface area contributed by atoms with Gasteiger partial charge in [0, 0.05) is 30.2 Å². The Morgan fingerprint density at radius 2 is 1.65 bits per heavy atom. The quantitative estimate of drug-likeness (QED) is 0.807. The summed E-state index contributed by atoms with van der Waals surface area (Å²) in [5.41, 5.74) is 2.18. The number of amides is 1. The van der Waals surface area contributed by atoms with Crippen molar-refractivity contribution in [1.82, 2.24) is 4.90 Å². The molecule has 5 nitrogen and oxygen atoms in total. The second-order valence-electron chi connectivity index (χ2n) is 6.62. The summed E-state index contributed by atoms with van der Waals surface area (Å²) in [6, 6.07) is 11.5. The minimum Gasteiger partial charge on any atom is -0.339 e. The maximum absolute atomic E-state index is 12.9. The fourth-order valence-electron chi connectivity index (χ4n) is 3.59. The zero-order valence-corrected chi connectivity index (χ0v) is 15.8. The van der Waals surface area contributed by atoms with Gasteiger partial charge < -0.3 is 4.90 Å². The topological polar surface area (TPSA) is 57.7 Å². The molecule has 0 N–H and O–H groups in total. The molecule has 136 valence electrons. The molecule has 2 aliphatic rings. The van der Waals surface area contributed by atoms with E-state index in [0.29, 0.717) is 29.2 Å². The van der Waals surface area contributed by atoms with Crippen LogP contribution in [-0.4, -0.2) is 38.9 Å². The number of hydrogen-bond acceptors (Lipinski definition) is 3. The first-order chi connectivity index (χ1) is 12.5. The minimum atomic E-state index is -3.64. The number of carbonyl (C=O) groups excluding carboxylic acids is 1. The van der Waals surface area contributed by atoms with Crippen LogP contribution in [0.2, 0.25) is 5.02 Å². The summed E-state index contributed by atoms with van der Waals surface area (Å²) in [7, 11) is -3.64. The Hall–Kier alpha value is -2.05. The standard InChI is InChI=1S/C19H19ClN2O3S/c20-16-4-6-17(7-5-16)26(24,25)22-12-9-14-13-15(3-8-18(14)22)19(23)21-10-1-2-11-21/h3-8,13H,1-2,9-12H2. The summed E-state index contributed by atoms with van der Waals surface area (Å²) in [4.78, 5) is 14.6. The number of likely N-dealkylation sites (tertiary alicyclic amines) is 1. The van der Waals surface area contributed by atoms with Crippen LogP contribution >= 0.6 is 11.6 Å². The van der Waals surface area contributed by atoms with E-state index >= 15 is 0 Å². The molecule has 2 aromatic carbocycles. The molecular formula is C19H19ClN2O3S. The fourth-order valence-corrected chi connectivity index (χ4v) is 5.22. The lowest BCUT2D eigenvalue weighted by atomic mass is 10.1. The number of rotatable bonds is 3. The Morgan fingerprint density at radius 1 is 0.962 bits per heavy atom. The van der Waals surface area contributed by atoms with Gasteiger partial charge in [0.2, 0.25) is 0 Å². The van der Waals surface area contributed by atoms with Gasteiger partial charge in [-0.15, -0.1) is 0 Å². The van der Waals surface area contributed by atoms with Crippen molar-refractivity contribution in [3.05, 3.63) is 58.6 Å². The van der Waals surface area contributed by atoms with Gasteiger partial charge in [-0.05, 0) is 67.3 Å². The lowest BCUT2D eigenvalue weighted by molar-refractivity contribution is 0.0792. The molecule has 7 heteroatoms. The van der Waals surface area contributed by atoms with E-state index in [1.165, 1.54) is 16.4 Å². The third-order valence-corrected chi connectivity index (χ3v) is 7.05. The molecule has 0 saturated carbocycles. The Kier molecular flexibility index (Phi) is 4.40. The Labute approximate surface area is 158 Å². The lowest BCUT2D eigenvalue weighted by Crippen LogP contribution is -2.29. The van der Waals surface area contributed by atoms with E-state index in [1.54, 1.807) is 24.3 Å².